The third-order valence-electron chi connectivity index (χ3n) is 8.74. The van der Waals surface area contributed by atoms with Crippen LogP contribution in [0.5, 0.6) is 11.5 Å². The van der Waals surface area contributed by atoms with Crippen LogP contribution >= 0.6 is 0 Å². The molecular formula is C36H42FN3O5. The van der Waals surface area contributed by atoms with Gasteiger partial charge in [0, 0.05) is 55.8 Å². The van der Waals surface area contributed by atoms with E-state index in [0.717, 1.165) is 17.9 Å². The van der Waals surface area contributed by atoms with Crippen molar-refractivity contribution in [3.05, 3.63) is 89.2 Å². The standard InChI is InChI=1S/C36H42FN3O5/c1-24(2)45-31-9-4-25(5-10-31)22-39-17-14-28(32(37)23-39)20-34(41)29-8-13-33(38-21-29)36(43)40-18-15-27(16-19-40)35(42)26-6-11-30(44-3)12-7-26/h4-13,21,24,27-28,32H,14-20,22-23H2,1-3H3/t28?,32-/m1/s1. The van der Waals surface area contributed by atoms with Crippen LogP contribution in [0.25, 0.3) is 0 Å². The quantitative estimate of drug-likeness (QED) is 0.243. The van der Waals surface area contributed by atoms with Gasteiger partial charge in [0.05, 0.1) is 13.2 Å². The van der Waals surface area contributed by atoms with Crippen LogP contribution in [0.2, 0.25) is 0 Å². The van der Waals surface area contributed by atoms with E-state index in [-0.39, 0.29) is 54.1 Å². The maximum atomic E-state index is 15.2. The molecule has 9 heteroatoms. The van der Waals surface area contributed by atoms with Gasteiger partial charge in [-0.15, -0.1) is 0 Å². The second kappa shape index (κ2) is 14.8. The summed E-state index contributed by atoms with van der Waals surface area (Å²) >= 11 is 0. The van der Waals surface area contributed by atoms with Crippen molar-refractivity contribution in [2.75, 3.05) is 33.3 Å². The molecule has 2 atom stereocenters. The number of ketones is 2. The Bertz CT molecular complexity index is 1450. The maximum absolute atomic E-state index is 15.2. The van der Waals surface area contributed by atoms with Crippen molar-refractivity contribution in [1.29, 1.82) is 0 Å². The van der Waals surface area contributed by atoms with Gasteiger partial charge in [0.2, 0.25) is 0 Å². The molecular weight excluding hydrogens is 573 g/mol. The van der Waals surface area contributed by atoms with Gasteiger partial charge in [-0.05, 0) is 99.7 Å². The predicted octanol–water partition coefficient (Wildman–Crippen LogP) is 6.05. The Morgan fingerprint density at radius 1 is 0.889 bits per heavy atom. The third-order valence-corrected chi connectivity index (χ3v) is 8.74. The molecule has 2 fully saturated rings. The molecule has 1 aromatic heterocycles. The highest BCUT2D eigenvalue weighted by Gasteiger charge is 2.32. The molecule has 5 rings (SSSR count). The number of likely N-dealkylation sites (tertiary alicyclic amines) is 2. The van der Waals surface area contributed by atoms with E-state index in [0.29, 0.717) is 55.8 Å². The molecule has 1 amide bonds. The molecule has 0 N–H and O–H groups in total. The van der Waals surface area contributed by atoms with E-state index in [4.69, 9.17) is 9.47 Å². The van der Waals surface area contributed by atoms with Crippen LogP contribution in [-0.2, 0) is 6.54 Å². The lowest BCUT2D eigenvalue weighted by Crippen LogP contribution is -2.42. The number of hydrogen-bond acceptors (Lipinski definition) is 7. The minimum absolute atomic E-state index is 0.0780. The zero-order valence-electron chi connectivity index (χ0n) is 26.3. The van der Waals surface area contributed by atoms with Gasteiger partial charge in [0.15, 0.2) is 11.6 Å². The largest absolute Gasteiger partial charge is 0.497 e. The fraction of sp³-hybridized carbons (Fsp3) is 0.444. The van der Waals surface area contributed by atoms with Gasteiger partial charge in [-0.2, -0.15) is 0 Å². The van der Waals surface area contributed by atoms with Crippen LogP contribution in [0, 0.1) is 11.8 Å². The van der Waals surface area contributed by atoms with Crippen LogP contribution in [-0.4, -0.2) is 77.8 Å². The Hall–Kier alpha value is -4.11. The molecule has 0 saturated carbocycles. The van der Waals surface area contributed by atoms with Gasteiger partial charge in [0.25, 0.3) is 5.91 Å². The highest BCUT2D eigenvalue weighted by atomic mass is 19.1. The first-order valence-corrected chi connectivity index (χ1v) is 15.8. The Labute approximate surface area is 264 Å². The van der Waals surface area contributed by atoms with Crippen LogP contribution in [0.1, 0.15) is 76.3 Å². The van der Waals surface area contributed by atoms with Gasteiger partial charge in [-0.3, -0.25) is 24.3 Å². The van der Waals surface area contributed by atoms with Crippen LogP contribution in [0.4, 0.5) is 4.39 Å². The molecule has 2 aromatic carbocycles. The van der Waals surface area contributed by atoms with Gasteiger partial charge < -0.3 is 14.4 Å². The minimum atomic E-state index is -1.10. The number of methoxy groups -OCH3 is 1. The van der Waals surface area contributed by atoms with Crippen molar-refractivity contribution in [2.45, 2.75) is 58.4 Å². The Morgan fingerprint density at radius 2 is 1.56 bits per heavy atom. The molecule has 1 unspecified atom stereocenters. The lowest BCUT2D eigenvalue weighted by molar-refractivity contribution is 0.0644. The molecule has 0 bridgehead atoms. The van der Waals surface area contributed by atoms with Gasteiger partial charge >= 0.3 is 0 Å². The smallest absolute Gasteiger partial charge is 0.272 e. The number of carbonyl (C=O) groups is 3. The topological polar surface area (TPSA) is 89.0 Å². The zero-order valence-corrected chi connectivity index (χ0v) is 26.3. The fourth-order valence-electron chi connectivity index (χ4n) is 6.13. The molecule has 2 aliphatic rings. The average Bonchev–Trinajstić information content (AvgIpc) is 3.06. The number of pyridine rings is 1. The molecule has 2 saturated heterocycles. The molecule has 2 aliphatic heterocycles. The van der Waals surface area contributed by atoms with E-state index >= 15 is 4.39 Å². The highest BCUT2D eigenvalue weighted by Crippen LogP contribution is 2.28. The van der Waals surface area contributed by atoms with Crippen LogP contribution in [0.15, 0.2) is 66.9 Å². The lowest BCUT2D eigenvalue weighted by atomic mass is 9.88. The molecule has 0 aliphatic carbocycles. The normalized spacial score (nSPS) is 19.4. The average molecular weight is 616 g/mol. The summed E-state index contributed by atoms with van der Waals surface area (Å²) in [6, 6.07) is 18.2. The third kappa shape index (κ3) is 8.34. The summed E-state index contributed by atoms with van der Waals surface area (Å²) in [6.45, 7) is 6.55. The SMILES string of the molecule is COc1ccc(C(=O)C2CCN(C(=O)c3ccc(C(=O)CC4CCN(Cc5ccc(OC(C)C)cc5)C[C@H]4F)cn3)CC2)cc1. The second-order valence-corrected chi connectivity index (χ2v) is 12.3. The lowest BCUT2D eigenvalue weighted by Gasteiger charge is -2.34. The number of Topliss-reactive ketones (excluding diaryl/α,β-unsaturated/α-hetero) is 2. The summed E-state index contributed by atoms with van der Waals surface area (Å²) in [6.07, 6.45) is 2.31. The van der Waals surface area contributed by atoms with E-state index in [1.165, 1.54) is 6.20 Å². The number of carbonyl (C=O) groups excluding carboxylic acids is 3. The Kier molecular flexibility index (Phi) is 10.6. The zero-order chi connectivity index (χ0) is 31.9. The number of halogens is 1. The highest BCUT2D eigenvalue weighted by molar-refractivity contribution is 5.99. The molecule has 238 valence electrons. The number of aromatic nitrogens is 1. The second-order valence-electron chi connectivity index (χ2n) is 12.3. The van der Waals surface area contributed by atoms with Crippen molar-refractivity contribution in [3.8, 4) is 11.5 Å². The summed E-state index contributed by atoms with van der Waals surface area (Å²) in [4.78, 5) is 47.1. The predicted molar refractivity (Wildman–Crippen MR) is 170 cm³/mol. The molecule has 3 heterocycles. The van der Waals surface area contributed by atoms with Crippen molar-refractivity contribution < 1.29 is 28.2 Å². The number of hydrogen-bond donors (Lipinski definition) is 0. The summed E-state index contributed by atoms with van der Waals surface area (Å²) in [5.41, 5.74) is 2.38. The molecule has 3 aromatic rings. The number of ether oxygens (including phenoxy) is 2. The first-order valence-electron chi connectivity index (χ1n) is 15.8. The number of rotatable bonds is 11. The number of alkyl halides is 1. The fourth-order valence-corrected chi connectivity index (χ4v) is 6.13. The van der Waals surface area contributed by atoms with Gasteiger partial charge in [0.1, 0.15) is 23.4 Å². The van der Waals surface area contributed by atoms with Crippen molar-refractivity contribution in [3.63, 3.8) is 0 Å². The summed E-state index contributed by atoms with van der Waals surface area (Å²) < 4.78 is 26.0. The van der Waals surface area contributed by atoms with E-state index in [1.807, 2.05) is 38.1 Å². The first-order chi connectivity index (χ1) is 21.7. The van der Waals surface area contributed by atoms with E-state index in [1.54, 1.807) is 48.4 Å². The number of piperidine rings is 2. The van der Waals surface area contributed by atoms with Crippen molar-refractivity contribution in [1.82, 2.24) is 14.8 Å². The monoisotopic (exact) mass is 615 g/mol. The van der Waals surface area contributed by atoms with Gasteiger partial charge in [-0.1, -0.05) is 12.1 Å². The molecule has 8 nitrogen and oxygen atoms in total. The Morgan fingerprint density at radius 3 is 2.16 bits per heavy atom. The molecule has 0 spiro atoms. The number of amides is 1. The molecule has 45 heavy (non-hydrogen) atoms. The van der Waals surface area contributed by atoms with Crippen LogP contribution in [0.3, 0.4) is 0 Å². The van der Waals surface area contributed by atoms with Crippen LogP contribution < -0.4 is 9.47 Å². The van der Waals surface area contributed by atoms with Crippen molar-refractivity contribution in [2.24, 2.45) is 11.8 Å². The number of benzene rings is 2. The Balaban J connectivity index is 1.07. The first kappa shape index (κ1) is 32.3. The van der Waals surface area contributed by atoms with Gasteiger partial charge in [-0.25, -0.2) is 4.39 Å². The van der Waals surface area contributed by atoms with E-state index < -0.39 is 6.17 Å². The van der Waals surface area contributed by atoms with E-state index in [9.17, 15) is 14.4 Å². The number of nitrogens with zero attached hydrogens (tertiary/aromatic N) is 3. The minimum Gasteiger partial charge on any atom is -0.497 e. The summed E-state index contributed by atoms with van der Waals surface area (Å²) in [7, 11) is 1.59. The van der Waals surface area contributed by atoms with E-state index in [2.05, 4.69) is 9.88 Å². The summed E-state index contributed by atoms with van der Waals surface area (Å²) in [5, 5.41) is 0. The summed E-state index contributed by atoms with van der Waals surface area (Å²) in [5.74, 6) is 0.723. The maximum Gasteiger partial charge on any atom is 0.272 e. The molecule has 0 radical (unpaired) electrons. The van der Waals surface area contributed by atoms with Crippen molar-refractivity contribution >= 4 is 17.5 Å².